The third-order valence-electron chi connectivity index (χ3n) is 3.92. The minimum Gasteiger partial charge on any atom is -0.385 e. The van der Waals surface area contributed by atoms with E-state index in [9.17, 15) is 4.79 Å². The molecule has 20 heavy (non-hydrogen) atoms. The molecule has 1 aliphatic rings. The number of carbonyl (C=O) groups excluding carboxylic acids is 1. The first-order valence-electron chi connectivity index (χ1n) is 7.14. The molecule has 5 heteroatoms. The summed E-state index contributed by atoms with van der Waals surface area (Å²) in [6.07, 6.45) is 1.82. The van der Waals surface area contributed by atoms with E-state index in [1.807, 2.05) is 33.2 Å². The maximum atomic E-state index is 12.3. The van der Waals surface area contributed by atoms with Crippen molar-refractivity contribution in [2.24, 2.45) is 0 Å². The molecule has 1 aliphatic heterocycles. The number of anilines is 1. The second-order valence-electron chi connectivity index (χ2n) is 5.77. The molecule has 1 fully saturated rings. The molecule has 2 rings (SSSR count). The van der Waals surface area contributed by atoms with Crippen molar-refractivity contribution in [2.45, 2.75) is 32.9 Å². The number of hydrogen-bond acceptors (Lipinski definition) is 4. The summed E-state index contributed by atoms with van der Waals surface area (Å²) in [4.78, 5) is 20.7. The lowest BCUT2D eigenvalue weighted by Crippen LogP contribution is -2.61. The Balaban J connectivity index is 2.13. The quantitative estimate of drug-likeness (QED) is 0.907. The van der Waals surface area contributed by atoms with E-state index in [-0.39, 0.29) is 5.91 Å². The minimum absolute atomic E-state index is 0.173. The van der Waals surface area contributed by atoms with E-state index in [1.165, 1.54) is 0 Å². The zero-order chi connectivity index (χ0) is 14.8. The van der Waals surface area contributed by atoms with Crippen LogP contribution in [0.5, 0.6) is 0 Å². The Kier molecular flexibility index (Phi) is 4.28. The van der Waals surface area contributed by atoms with Crippen molar-refractivity contribution < 1.29 is 4.79 Å². The second kappa shape index (κ2) is 5.79. The fourth-order valence-electron chi connectivity index (χ4n) is 2.61. The SMILES string of the molecule is CCNc1ccnc(CN2CCN(C)C(=O)C2(C)C)c1. The van der Waals surface area contributed by atoms with Crippen LogP contribution < -0.4 is 5.32 Å². The molecule has 2 heterocycles. The predicted molar refractivity (Wildman–Crippen MR) is 80.5 cm³/mol. The van der Waals surface area contributed by atoms with Gasteiger partial charge < -0.3 is 10.2 Å². The highest BCUT2D eigenvalue weighted by molar-refractivity contribution is 5.86. The highest BCUT2D eigenvalue weighted by atomic mass is 16.2. The van der Waals surface area contributed by atoms with Gasteiger partial charge in [0.2, 0.25) is 5.91 Å². The Hall–Kier alpha value is -1.62. The van der Waals surface area contributed by atoms with Crippen LogP contribution >= 0.6 is 0 Å². The van der Waals surface area contributed by atoms with Crippen LogP contribution in [0, 0.1) is 0 Å². The van der Waals surface area contributed by atoms with Crippen LogP contribution in [0.1, 0.15) is 26.5 Å². The minimum atomic E-state index is -0.469. The van der Waals surface area contributed by atoms with Gasteiger partial charge in [0.25, 0.3) is 0 Å². The number of likely N-dealkylation sites (N-methyl/N-ethyl adjacent to an activating group) is 1. The number of amides is 1. The number of piperazine rings is 1. The molecule has 1 amide bonds. The van der Waals surface area contributed by atoms with Crippen LogP contribution in [0.25, 0.3) is 0 Å². The topological polar surface area (TPSA) is 48.5 Å². The van der Waals surface area contributed by atoms with Gasteiger partial charge in [-0.25, -0.2) is 0 Å². The van der Waals surface area contributed by atoms with Crippen molar-refractivity contribution in [3.8, 4) is 0 Å². The molecule has 5 nitrogen and oxygen atoms in total. The Morgan fingerprint density at radius 3 is 2.85 bits per heavy atom. The van der Waals surface area contributed by atoms with Crippen LogP contribution in [-0.2, 0) is 11.3 Å². The Bertz CT molecular complexity index is 487. The fraction of sp³-hybridized carbons (Fsp3) is 0.600. The molecule has 0 atom stereocenters. The van der Waals surface area contributed by atoms with Gasteiger partial charge in [0.15, 0.2) is 0 Å². The van der Waals surface area contributed by atoms with E-state index in [1.54, 1.807) is 4.90 Å². The van der Waals surface area contributed by atoms with Crippen LogP contribution in [0.4, 0.5) is 5.69 Å². The van der Waals surface area contributed by atoms with Crippen LogP contribution in [0.15, 0.2) is 18.3 Å². The van der Waals surface area contributed by atoms with Gasteiger partial charge in [0.1, 0.15) is 0 Å². The monoisotopic (exact) mass is 276 g/mol. The van der Waals surface area contributed by atoms with E-state index in [0.717, 1.165) is 31.0 Å². The summed E-state index contributed by atoms with van der Waals surface area (Å²) in [5.41, 5.74) is 1.60. The van der Waals surface area contributed by atoms with Gasteiger partial charge in [-0.3, -0.25) is 14.7 Å². The molecule has 1 saturated heterocycles. The van der Waals surface area contributed by atoms with Crippen LogP contribution in [0.2, 0.25) is 0 Å². The van der Waals surface area contributed by atoms with Gasteiger partial charge in [-0.05, 0) is 32.9 Å². The van der Waals surface area contributed by atoms with Crippen LogP contribution in [-0.4, -0.2) is 52.9 Å². The first-order valence-corrected chi connectivity index (χ1v) is 7.14. The molecule has 0 saturated carbocycles. The van der Waals surface area contributed by atoms with Crippen molar-refractivity contribution in [3.05, 3.63) is 24.0 Å². The fourth-order valence-corrected chi connectivity index (χ4v) is 2.61. The first-order chi connectivity index (χ1) is 9.45. The number of nitrogens with one attached hydrogen (secondary N) is 1. The Labute approximate surface area is 121 Å². The summed E-state index contributed by atoms with van der Waals surface area (Å²) < 4.78 is 0. The van der Waals surface area contributed by atoms with Gasteiger partial charge in [0, 0.05) is 45.1 Å². The second-order valence-corrected chi connectivity index (χ2v) is 5.77. The molecule has 1 aromatic rings. The van der Waals surface area contributed by atoms with E-state index < -0.39 is 5.54 Å². The van der Waals surface area contributed by atoms with Crippen molar-refractivity contribution in [1.82, 2.24) is 14.8 Å². The molecule has 110 valence electrons. The Morgan fingerprint density at radius 2 is 2.15 bits per heavy atom. The predicted octanol–water partition coefficient (Wildman–Crippen LogP) is 1.57. The normalized spacial score (nSPS) is 19.2. The zero-order valence-corrected chi connectivity index (χ0v) is 12.8. The molecular formula is C15H24N4O. The number of aromatic nitrogens is 1. The maximum absolute atomic E-state index is 12.3. The average Bonchev–Trinajstić information content (AvgIpc) is 2.41. The molecule has 0 bridgehead atoms. The summed E-state index contributed by atoms with van der Waals surface area (Å²) in [7, 11) is 1.87. The summed E-state index contributed by atoms with van der Waals surface area (Å²) >= 11 is 0. The summed E-state index contributed by atoms with van der Waals surface area (Å²) in [5, 5.41) is 3.29. The average molecular weight is 276 g/mol. The standard InChI is InChI=1S/C15H24N4O/c1-5-16-12-6-7-17-13(10-12)11-19-9-8-18(4)14(20)15(19,2)3/h6-7,10H,5,8-9,11H2,1-4H3,(H,16,17). The summed E-state index contributed by atoms with van der Waals surface area (Å²) in [6, 6.07) is 4.02. The molecule has 0 aromatic carbocycles. The van der Waals surface area contributed by atoms with Gasteiger partial charge in [-0.15, -0.1) is 0 Å². The van der Waals surface area contributed by atoms with E-state index in [0.29, 0.717) is 6.54 Å². The molecule has 1 aromatic heterocycles. The van der Waals surface area contributed by atoms with Crippen molar-refractivity contribution >= 4 is 11.6 Å². The van der Waals surface area contributed by atoms with Gasteiger partial charge >= 0.3 is 0 Å². The molecule has 0 unspecified atom stereocenters. The number of nitrogens with zero attached hydrogens (tertiary/aromatic N) is 3. The smallest absolute Gasteiger partial charge is 0.242 e. The van der Waals surface area contributed by atoms with E-state index >= 15 is 0 Å². The largest absolute Gasteiger partial charge is 0.385 e. The molecule has 0 spiro atoms. The number of hydrogen-bond donors (Lipinski definition) is 1. The van der Waals surface area contributed by atoms with Gasteiger partial charge in [-0.2, -0.15) is 0 Å². The lowest BCUT2D eigenvalue weighted by atomic mass is 9.97. The van der Waals surface area contributed by atoms with E-state index in [2.05, 4.69) is 28.2 Å². The van der Waals surface area contributed by atoms with Gasteiger partial charge in [0.05, 0.1) is 11.2 Å². The third-order valence-corrected chi connectivity index (χ3v) is 3.92. The lowest BCUT2D eigenvalue weighted by Gasteiger charge is -2.44. The first kappa shape index (κ1) is 14.8. The maximum Gasteiger partial charge on any atom is 0.242 e. The van der Waals surface area contributed by atoms with Crippen molar-refractivity contribution in [1.29, 1.82) is 0 Å². The lowest BCUT2D eigenvalue weighted by molar-refractivity contribution is -0.147. The number of carbonyl (C=O) groups is 1. The van der Waals surface area contributed by atoms with Gasteiger partial charge in [-0.1, -0.05) is 0 Å². The molecule has 1 N–H and O–H groups in total. The number of pyridine rings is 1. The zero-order valence-electron chi connectivity index (χ0n) is 12.8. The molecule has 0 radical (unpaired) electrons. The molecular weight excluding hydrogens is 252 g/mol. The summed E-state index contributed by atoms with van der Waals surface area (Å²) in [6.45, 7) is 9.28. The van der Waals surface area contributed by atoms with Crippen LogP contribution in [0.3, 0.4) is 0 Å². The van der Waals surface area contributed by atoms with Crippen molar-refractivity contribution in [3.63, 3.8) is 0 Å². The Morgan fingerprint density at radius 1 is 1.40 bits per heavy atom. The highest BCUT2D eigenvalue weighted by Crippen LogP contribution is 2.23. The van der Waals surface area contributed by atoms with E-state index in [4.69, 9.17) is 0 Å². The third kappa shape index (κ3) is 2.93. The summed E-state index contributed by atoms with van der Waals surface area (Å²) in [5.74, 6) is 0.173. The molecule has 0 aliphatic carbocycles. The van der Waals surface area contributed by atoms with Crippen molar-refractivity contribution in [2.75, 3.05) is 32.0 Å². The number of rotatable bonds is 4. The highest BCUT2D eigenvalue weighted by Gasteiger charge is 2.40.